The summed E-state index contributed by atoms with van der Waals surface area (Å²) in [5.41, 5.74) is 0.751. The minimum atomic E-state index is -0.998. The van der Waals surface area contributed by atoms with Gasteiger partial charge < -0.3 is 10.4 Å². The molecule has 2 N–H and O–H groups in total. The molecule has 1 amide bonds. The standard InChI is InChI=1S/C12H19N3O3/c1-8(2)6-10(12(17)18)14-11(16)7-9-4-5-13-15(9)3/h4-5,8,10H,6-7H2,1-3H3,(H,14,16)(H,17,18)/t10-/m1/s1. The van der Waals surface area contributed by atoms with Crippen molar-refractivity contribution in [3.8, 4) is 0 Å². The number of aryl methyl sites for hydroxylation is 1. The summed E-state index contributed by atoms with van der Waals surface area (Å²) in [4.78, 5) is 22.8. The second kappa shape index (κ2) is 6.18. The quantitative estimate of drug-likeness (QED) is 0.776. The number of nitrogens with zero attached hydrogens (tertiary/aromatic N) is 2. The molecular weight excluding hydrogens is 234 g/mol. The van der Waals surface area contributed by atoms with Gasteiger partial charge in [-0.25, -0.2) is 4.79 Å². The van der Waals surface area contributed by atoms with E-state index < -0.39 is 12.0 Å². The zero-order chi connectivity index (χ0) is 13.7. The van der Waals surface area contributed by atoms with E-state index in [4.69, 9.17) is 5.11 Å². The Labute approximate surface area is 106 Å². The van der Waals surface area contributed by atoms with Crippen LogP contribution in [0.1, 0.15) is 26.0 Å². The number of carbonyl (C=O) groups is 2. The average Bonchev–Trinajstić information content (AvgIpc) is 2.62. The van der Waals surface area contributed by atoms with Crippen LogP contribution >= 0.6 is 0 Å². The lowest BCUT2D eigenvalue weighted by atomic mass is 10.0. The number of amides is 1. The van der Waals surface area contributed by atoms with Crippen LogP contribution in [0.5, 0.6) is 0 Å². The van der Waals surface area contributed by atoms with Gasteiger partial charge in [-0.15, -0.1) is 0 Å². The van der Waals surface area contributed by atoms with Crippen molar-refractivity contribution in [1.82, 2.24) is 15.1 Å². The lowest BCUT2D eigenvalue weighted by molar-refractivity contribution is -0.142. The van der Waals surface area contributed by atoms with Crippen LogP contribution in [0.4, 0.5) is 0 Å². The van der Waals surface area contributed by atoms with Crippen LogP contribution < -0.4 is 5.32 Å². The van der Waals surface area contributed by atoms with Crippen LogP contribution in [0.3, 0.4) is 0 Å². The predicted molar refractivity (Wildman–Crippen MR) is 65.9 cm³/mol. The van der Waals surface area contributed by atoms with Crippen molar-refractivity contribution >= 4 is 11.9 Å². The number of rotatable bonds is 6. The molecule has 1 aromatic heterocycles. The Morgan fingerprint density at radius 2 is 2.17 bits per heavy atom. The van der Waals surface area contributed by atoms with Crippen LogP contribution in [-0.2, 0) is 23.1 Å². The fraction of sp³-hybridized carbons (Fsp3) is 0.583. The highest BCUT2D eigenvalue weighted by Crippen LogP contribution is 2.06. The number of carbonyl (C=O) groups excluding carboxylic acids is 1. The van der Waals surface area contributed by atoms with Gasteiger partial charge in [-0.05, 0) is 18.4 Å². The lowest BCUT2D eigenvalue weighted by Gasteiger charge is -2.16. The Kier molecular flexibility index (Phi) is 4.88. The topological polar surface area (TPSA) is 84.2 Å². The molecule has 6 heteroatoms. The number of carboxylic acid groups (broad SMARTS) is 1. The van der Waals surface area contributed by atoms with Crippen molar-refractivity contribution < 1.29 is 14.7 Å². The summed E-state index contributed by atoms with van der Waals surface area (Å²) in [7, 11) is 1.74. The van der Waals surface area contributed by atoms with E-state index in [-0.39, 0.29) is 18.2 Å². The van der Waals surface area contributed by atoms with Gasteiger partial charge in [-0.1, -0.05) is 13.8 Å². The normalized spacial score (nSPS) is 12.4. The molecule has 1 rings (SSSR count). The highest BCUT2D eigenvalue weighted by atomic mass is 16.4. The van der Waals surface area contributed by atoms with E-state index in [2.05, 4.69) is 10.4 Å². The average molecular weight is 253 g/mol. The van der Waals surface area contributed by atoms with Gasteiger partial charge in [-0.3, -0.25) is 9.48 Å². The second-order valence-corrected chi connectivity index (χ2v) is 4.71. The molecule has 0 aliphatic heterocycles. The van der Waals surface area contributed by atoms with E-state index in [9.17, 15) is 9.59 Å². The first-order chi connectivity index (χ1) is 8.40. The van der Waals surface area contributed by atoms with Gasteiger partial charge in [0.1, 0.15) is 6.04 Å². The molecule has 0 aliphatic rings. The number of carboxylic acids is 1. The number of hydrogen-bond donors (Lipinski definition) is 2. The van der Waals surface area contributed by atoms with Gasteiger partial charge in [-0.2, -0.15) is 5.10 Å². The molecule has 1 heterocycles. The van der Waals surface area contributed by atoms with Gasteiger partial charge in [0.05, 0.1) is 6.42 Å². The van der Waals surface area contributed by atoms with Gasteiger partial charge in [0.2, 0.25) is 5.91 Å². The van der Waals surface area contributed by atoms with Gasteiger partial charge in [0, 0.05) is 18.9 Å². The number of hydrogen-bond acceptors (Lipinski definition) is 3. The van der Waals surface area contributed by atoms with Crippen LogP contribution in [-0.4, -0.2) is 32.8 Å². The lowest BCUT2D eigenvalue weighted by Crippen LogP contribution is -2.42. The van der Waals surface area contributed by atoms with Crippen molar-refractivity contribution in [3.63, 3.8) is 0 Å². The SMILES string of the molecule is CC(C)C[C@@H](NC(=O)Cc1ccnn1C)C(=O)O. The Morgan fingerprint density at radius 1 is 1.50 bits per heavy atom. The van der Waals surface area contributed by atoms with Gasteiger partial charge in [0.25, 0.3) is 0 Å². The zero-order valence-electron chi connectivity index (χ0n) is 10.9. The third-order valence-corrected chi connectivity index (χ3v) is 2.60. The van der Waals surface area contributed by atoms with Crippen molar-refractivity contribution in [3.05, 3.63) is 18.0 Å². The molecule has 0 saturated heterocycles. The van der Waals surface area contributed by atoms with Crippen LogP contribution in [0, 0.1) is 5.92 Å². The van der Waals surface area contributed by atoms with Crippen molar-refractivity contribution in [2.45, 2.75) is 32.7 Å². The van der Waals surface area contributed by atoms with E-state index in [0.717, 1.165) is 5.69 Å². The van der Waals surface area contributed by atoms with Crippen LogP contribution in [0.15, 0.2) is 12.3 Å². The van der Waals surface area contributed by atoms with Crippen LogP contribution in [0.25, 0.3) is 0 Å². The first-order valence-electron chi connectivity index (χ1n) is 5.89. The fourth-order valence-corrected chi connectivity index (χ4v) is 1.68. The maximum atomic E-state index is 11.7. The first kappa shape index (κ1) is 14.2. The summed E-state index contributed by atoms with van der Waals surface area (Å²) in [5.74, 6) is -1.09. The van der Waals surface area contributed by atoms with E-state index >= 15 is 0 Å². The smallest absolute Gasteiger partial charge is 0.326 e. The third kappa shape index (κ3) is 4.20. The Hall–Kier alpha value is -1.85. The molecule has 0 saturated carbocycles. The summed E-state index contributed by atoms with van der Waals surface area (Å²) < 4.78 is 1.60. The molecule has 0 radical (unpaired) electrons. The minimum Gasteiger partial charge on any atom is -0.480 e. The third-order valence-electron chi connectivity index (χ3n) is 2.60. The molecular formula is C12H19N3O3. The summed E-state index contributed by atoms with van der Waals surface area (Å²) in [6.45, 7) is 3.84. The maximum Gasteiger partial charge on any atom is 0.326 e. The molecule has 100 valence electrons. The molecule has 18 heavy (non-hydrogen) atoms. The number of aromatic nitrogens is 2. The summed E-state index contributed by atoms with van der Waals surface area (Å²) in [6.07, 6.45) is 2.16. The summed E-state index contributed by atoms with van der Waals surface area (Å²) in [5, 5.41) is 15.5. The maximum absolute atomic E-state index is 11.7. The highest BCUT2D eigenvalue weighted by Gasteiger charge is 2.21. The molecule has 0 aromatic carbocycles. The van der Waals surface area contributed by atoms with Gasteiger partial charge >= 0.3 is 5.97 Å². The van der Waals surface area contributed by atoms with E-state index in [1.807, 2.05) is 13.8 Å². The molecule has 1 atom stereocenters. The van der Waals surface area contributed by atoms with Crippen molar-refractivity contribution in [2.24, 2.45) is 13.0 Å². The Balaban J connectivity index is 2.56. The summed E-state index contributed by atoms with van der Waals surface area (Å²) >= 11 is 0. The molecule has 0 aliphatic carbocycles. The Morgan fingerprint density at radius 3 is 2.61 bits per heavy atom. The molecule has 0 spiro atoms. The fourth-order valence-electron chi connectivity index (χ4n) is 1.68. The zero-order valence-corrected chi connectivity index (χ0v) is 10.9. The molecule has 6 nitrogen and oxygen atoms in total. The van der Waals surface area contributed by atoms with Crippen LogP contribution in [0.2, 0.25) is 0 Å². The van der Waals surface area contributed by atoms with E-state index in [0.29, 0.717) is 6.42 Å². The second-order valence-electron chi connectivity index (χ2n) is 4.71. The van der Waals surface area contributed by atoms with Crippen molar-refractivity contribution in [2.75, 3.05) is 0 Å². The molecule has 0 bridgehead atoms. The van der Waals surface area contributed by atoms with E-state index in [1.54, 1.807) is 24.0 Å². The summed E-state index contributed by atoms with van der Waals surface area (Å²) in [6, 6.07) is 0.906. The van der Waals surface area contributed by atoms with Crippen molar-refractivity contribution in [1.29, 1.82) is 0 Å². The molecule has 1 aromatic rings. The Bertz CT molecular complexity index is 426. The monoisotopic (exact) mass is 253 g/mol. The number of nitrogens with one attached hydrogen (secondary N) is 1. The molecule has 0 fully saturated rings. The largest absolute Gasteiger partial charge is 0.480 e. The molecule has 0 unspecified atom stereocenters. The predicted octanol–water partition coefficient (Wildman–Crippen LogP) is 0.578. The first-order valence-corrected chi connectivity index (χ1v) is 5.89. The van der Waals surface area contributed by atoms with E-state index in [1.165, 1.54) is 0 Å². The number of aliphatic carboxylic acids is 1. The highest BCUT2D eigenvalue weighted by molar-refractivity contribution is 5.84. The van der Waals surface area contributed by atoms with Gasteiger partial charge in [0.15, 0.2) is 0 Å². The minimum absolute atomic E-state index is 0.137.